The molecule has 0 bridgehead atoms. The monoisotopic (exact) mass is 606 g/mol. The van der Waals surface area contributed by atoms with Gasteiger partial charge in [0.25, 0.3) is 0 Å². The van der Waals surface area contributed by atoms with E-state index in [0.29, 0.717) is 17.5 Å². The maximum atomic E-state index is 10.4. The summed E-state index contributed by atoms with van der Waals surface area (Å²) in [7, 11) is 4.09. The molecule has 3 heterocycles. The zero-order chi connectivity index (χ0) is 29.2. The number of unbranched alkanes of at least 4 members (excludes halogenated alkanes) is 1. The fourth-order valence-electron chi connectivity index (χ4n) is 3.74. The van der Waals surface area contributed by atoms with E-state index in [9.17, 15) is 4.57 Å². The first-order valence-electron chi connectivity index (χ1n) is 13.0. The molecule has 1 aliphatic rings. The van der Waals surface area contributed by atoms with Gasteiger partial charge in [-0.2, -0.15) is 0 Å². The molecule has 14 heteroatoms. The van der Waals surface area contributed by atoms with Crippen molar-refractivity contribution in [3.8, 4) is 40.0 Å². The summed E-state index contributed by atoms with van der Waals surface area (Å²) in [5, 5.41) is 13.7. The molecule has 4 aromatic rings. The first kappa shape index (κ1) is 30.7. The summed E-state index contributed by atoms with van der Waals surface area (Å²) in [4.78, 5) is 8.91. The second-order valence-corrected chi connectivity index (χ2v) is 17.7. The van der Waals surface area contributed by atoms with Crippen molar-refractivity contribution in [2.45, 2.75) is 26.7 Å². The molecule has 2 aromatic carbocycles. The van der Waals surface area contributed by atoms with Crippen molar-refractivity contribution in [1.29, 1.82) is 0 Å². The van der Waals surface area contributed by atoms with E-state index in [4.69, 9.17) is 18.8 Å². The minimum atomic E-state index is -2.37. The molecule has 41 heavy (non-hydrogen) atoms. The molecular weight excluding hydrogens is 575 g/mol. The molecule has 2 aromatic heterocycles. The van der Waals surface area contributed by atoms with E-state index < -0.39 is 6.40 Å². The van der Waals surface area contributed by atoms with Crippen LogP contribution in [0.4, 0.5) is 0 Å². The molecule has 0 amide bonds. The van der Waals surface area contributed by atoms with Crippen molar-refractivity contribution in [2.75, 3.05) is 6.61 Å². The Morgan fingerprint density at radius 2 is 1.66 bits per heavy atom. The van der Waals surface area contributed by atoms with Gasteiger partial charge in [0, 0.05) is 16.7 Å². The van der Waals surface area contributed by atoms with E-state index in [1.807, 2.05) is 79.5 Å². The number of ether oxygens (including phenoxy) is 1. The fourth-order valence-corrected chi connectivity index (χ4v) is 4.26. The summed E-state index contributed by atoms with van der Waals surface area (Å²) in [5.41, 5.74) is 4.69. The molecule has 0 spiro atoms. The molecule has 5 rings (SSSR count). The number of nitrogens with zero attached hydrogens (tertiary/aromatic N) is 3. The van der Waals surface area contributed by atoms with E-state index in [1.165, 1.54) is 5.57 Å². The van der Waals surface area contributed by atoms with Crippen LogP contribution in [0, 0.1) is 0 Å². The number of aromatic nitrogens is 2. The van der Waals surface area contributed by atoms with Crippen LogP contribution in [0.1, 0.15) is 26.7 Å². The van der Waals surface area contributed by atoms with Crippen LogP contribution in [0.2, 0.25) is 0 Å². The van der Waals surface area contributed by atoms with Gasteiger partial charge in [-0.15, -0.1) is 0 Å². The number of allylic oxidation sites excluding steroid dienone is 2. The number of nitrogens with one attached hydrogen (secondary N) is 1. The summed E-state index contributed by atoms with van der Waals surface area (Å²) in [6, 6.07) is 15.8. The van der Waals surface area contributed by atoms with E-state index in [1.54, 1.807) is 12.4 Å². The van der Waals surface area contributed by atoms with E-state index >= 15 is 0 Å². The molecule has 2 unspecified atom stereocenters. The summed E-state index contributed by atoms with van der Waals surface area (Å²) in [5.74, 6) is 4.79. The van der Waals surface area contributed by atoms with Crippen LogP contribution in [0.15, 0.2) is 98.6 Å². The third-order valence-corrected chi connectivity index (χ3v) is 7.16. The van der Waals surface area contributed by atoms with Gasteiger partial charge < -0.3 is 18.8 Å². The maximum absolute atomic E-state index is 10.4. The average Bonchev–Trinajstić information content (AvgIpc) is 3.65. The van der Waals surface area contributed by atoms with Gasteiger partial charge >= 0.3 is 52.7 Å². The van der Waals surface area contributed by atoms with Crippen molar-refractivity contribution < 1.29 is 23.3 Å². The quantitative estimate of drug-likeness (QED) is 0.0928. The van der Waals surface area contributed by atoms with E-state index in [2.05, 4.69) is 39.2 Å². The van der Waals surface area contributed by atoms with Crippen LogP contribution in [-0.4, -0.2) is 35.4 Å². The van der Waals surface area contributed by atoms with Crippen molar-refractivity contribution >= 4 is 43.6 Å². The van der Waals surface area contributed by atoms with Gasteiger partial charge in [-0.05, 0) is 73.6 Å². The van der Waals surface area contributed by atoms with Crippen molar-refractivity contribution in [3.63, 3.8) is 0 Å². The predicted octanol–water partition coefficient (Wildman–Crippen LogP) is 6.77. The number of rotatable bonds is 9. The van der Waals surface area contributed by atoms with Crippen molar-refractivity contribution in [1.82, 2.24) is 15.2 Å². The standard InChI is InChI=1S/C27H26BN3O3.BH5NO2P3/c1-3-4-15-32-23-11-9-20(10-12-23)24-17-29-26(33-24)21-5-7-22(8-6-21)27-30-18-25(34-27)28-14-13-19(2)16-31-28;3-2-1-7(4,5)6/h5-14,16-18,31H,3-4,15H2,1-2H3;3H,5-6H2. The number of hydrogen-bond acceptors (Lipinski definition) is 9. The first-order valence-corrected chi connectivity index (χ1v) is 18.0. The Hall–Kier alpha value is -3.24. The third kappa shape index (κ3) is 9.13. The summed E-state index contributed by atoms with van der Waals surface area (Å²) < 4.78 is 28.2. The zero-order valence-corrected chi connectivity index (χ0v) is 26.0. The SMILES string of the molecule is CCCCOc1ccc(-c2cnc(-c3ccc(-c4ncc(B5C=CC(C)=CN5)o4)cc3)o2)cc1.O=P(P)(P)B=NO. The summed E-state index contributed by atoms with van der Waals surface area (Å²) >= 11 is 0. The van der Waals surface area contributed by atoms with Gasteiger partial charge in [0.1, 0.15) is 11.4 Å². The zero-order valence-electron chi connectivity index (χ0n) is 22.8. The van der Waals surface area contributed by atoms with Gasteiger partial charge in [-0.3, -0.25) is 0 Å². The van der Waals surface area contributed by atoms with E-state index in [0.717, 1.165) is 54.3 Å². The Morgan fingerprint density at radius 1 is 1.02 bits per heavy atom. The topological polar surface area (TPSA) is 123 Å². The summed E-state index contributed by atoms with van der Waals surface area (Å²) in [6.07, 6.45) is 7.35. The van der Waals surface area contributed by atoms with Crippen LogP contribution in [0.5, 0.6) is 5.75 Å². The molecule has 0 saturated heterocycles. The molecule has 0 fully saturated rings. The van der Waals surface area contributed by atoms with Crippen molar-refractivity contribution in [2.24, 2.45) is 5.06 Å². The minimum absolute atomic E-state index is 0.00747. The Labute approximate surface area is 244 Å². The molecule has 9 nitrogen and oxygen atoms in total. The van der Waals surface area contributed by atoms with Crippen LogP contribution in [-0.2, 0) is 4.57 Å². The number of hydrogen-bond donors (Lipinski definition) is 2. The van der Waals surface area contributed by atoms with Gasteiger partial charge in [0.05, 0.1) is 19.0 Å². The molecular formula is C27H31B2N4O5P3. The normalized spacial score (nSPS) is 12.8. The Kier molecular flexibility index (Phi) is 10.9. The van der Waals surface area contributed by atoms with Crippen LogP contribution in [0.25, 0.3) is 34.2 Å². The van der Waals surface area contributed by atoms with E-state index in [-0.39, 0.29) is 6.85 Å². The molecule has 210 valence electrons. The Balaban J connectivity index is 0.000000493. The van der Waals surface area contributed by atoms with Crippen LogP contribution >= 0.6 is 24.3 Å². The number of oxazole rings is 2. The van der Waals surface area contributed by atoms with Crippen molar-refractivity contribution in [3.05, 3.63) is 84.7 Å². The van der Waals surface area contributed by atoms with Gasteiger partial charge in [0.2, 0.25) is 11.8 Å². The molecule has 0 radical (unpaired) electrons. The Bertz CT molecular complexity index is 1560. The molecule has 2 N–H and O–H groups in total. The fraction of sp³-hybridized carbons (Fsp3) is 0.185. The van der Waals surface area contributed by atoms with Crippen LogP contribution in [0.3, 0.4) is 0 Å². The summed E-state index contributed by atoms with van der Waals surface area (Å²) in [6.45, 7) is 5.90. The third-order valence-electron chi connectivity index (χ3n) is 5.89. The number of benzene rings is 2. The van der Waals surface area contributed by atoms with Gasteiger partial charge in [0.15, 0.2) is 5.76 Å². The first-order chi connectivity index (χ1) is 19.8. The molecule has 2 atom stereocenters. The average molecular weight is 606 g/mol. The second kappa shape index (κ2) is 14.6. The van der Waals surface area contributed by atoms with Gasteiger partial charge in [-0.25, -0.2) is 9.97 Å². The predicted molar refractivity (Wildman–Crippen MR) is 172 cm³/mol. The van der Waals surface area contributed by atoms with Gasteiger partial charge in [-0.1, -0.05) is 25.4 Å². The van der Waals surface area contributed by atoms with Crippen LogP contribution < -0.4 is 15.6 Å². The Morgan fingerprint density at radius 3 is 2.22 bits per heavy atom. The molecule has 0 aliphatic carbocycles. The molecule has 1 aliphatic heterocycles. The second-order valence-electron chi connectivity index (χ2n) is 9.29. The molecule has 0 saturated carbocycles.